The van der Waals surface area contributed by atoms with Crippen LogP contribution >= 0.6 is 0 Å². The molecule has 1 aliphatic rings. The Kier molecular flexibility index (Phi) is 6.80. The van der Waals surface area contributed by atoms with Gasteiger partial charge in [0.25, 0.3) is 0 Å². The second-order valence-electron chi connectivity index (χ2n) is 7.79. The summed E-state index contributed by atoms with van der Waals surface area (Å²) in [7, 11) is -0.413. The molecule has 176 valence electrons. The van der Waals surface area contributed by atoms with Crippen molar-refractivity contribution >= 4 is 32.7 Å². The maximum atomic E-state index is 12.8. The number of benzene rings is 2. The van der Waals surface area contributed by atoms with Gasteiger partial charge in [-0.25, -0.2) is 13.1 Å². The fourth-order valence-corrected chi connectivity index (χ4v) is 5.41. The highest BCUT2D eigenvalue weighted by atomic mass is 32.2. The molecule has 11 heteroatoms. The molecule has 1 aromatic heterocycles. The Morgan fingerprint density at radius 2 is 1.88 bits per heavy atom. The highest BCUT2D eigenvalue weighted by molar-refractivity contribution is 7.89. The molecule has 1 N–H and O–H groups in total. The van der Waals surface area contributed by atoms with Crippen molar-refractivity contribution in [2.75, 3.05) is 32.6 Å². The minimum atomic E-state index is -3.51. The predicted octanol–water partition coefficient (Wildman–Crippen LogP) is 2.65. The summed E-state index contributed by atoms with van der Waals surface area (Å²) in [5.41, 5.74) is 1.78. The molecule has 0 bridgehead atoms. The molecule has 2 heterocycles. The standard InChI is InChI=1S/C22H27N5O5S/c1-31-16-7-10-21(32-2)19(14-16)23-22(28)6-5-13-27-20-9-8-17(15-18(20)24-25-27)33(29,30)26-11-3-4-12-26/h7-10,14-15H,3-6,11-13H2,1-2H3,(H,23,28). The third-order valence-electron chi connectivity index (χ3n) is 5.64. The van der Waals surface area contributed by atoms with Gasteiger partial charge in [-0.05, 0) is 49.6 Å². The van der Waals surface area contributed by atoms with Crippen LogP contribution in [-0.2, 0) is 21.4 Å². The number of rotatable bonds is 9. The Balaban J connectivity index is 1.38. The number of amides is 1. The zero-order valence-corrected chi connectivity index (χ0v) is 19.5. The summed E-state index contributed by atoms with van der Waals surface area (Å²) >= 11 is 0. The minimum Gasteiger partial charge on any atom is -0.497 e. The van der Waals surface area contributed by atoms with Gasteiger partial charge in [0.1, 0.15) is 17.0 Å². The van der Waals surface area contributed by atoms with Crippen molar-refractivity contribution in [3.8, 4) is 11.5 Å². The second kappa shape index (κ2) is 9.75. The number of ether oxygens (including phenoxy) is 2. The molecule has 1 amide bonds. The maximum absolute atomic E-state index is 12.8. The maximum Gasteiger partial charge on any atom is 0.243 e. The van der Waals surface area contributed by atoms with Crippen molar-refractivity contribution < 1.29 is 22.7 Å². The third-order valence-corrected chi connectivity index (χ3v) is 7.54. The van der Waals surface area contributed by atoms with E-state index in [0.717, 1.165) is 18.4 Å². The number of methoxy groups -OCH3 is 2. The average Bonchev–Trinajstić information content (AvgIpc) is 3.49. The Hall–Kier alpha value is -3.18. The number of anilines is 1. The number of hydrogen-bond acceptors (Lipinski definition) is 7. The lowest BCUT2D eigenvalue weighted by Crippen LogP contribution is -2.27. The summed E-state index contributed by atoms with van der Waals surface area (Å²) < 4.78 is 39.2. The molecule has 1 aliphatic heterocycles. The van der Waals surface area contributed by atoms with E-state index in [2.05, 4.69) is 15.6 Å². The van der Waals surface area contributed by atoms with E-state index in [1.165, 1.54) is 11.4 Å². The number of sulfonamides is 1. The fraction of sp³-hybridized carbons (Fsp3) is 0.409. The molecule has 1 saturated heterocycles. The first kappa shape index (κ1) is 23.0. The van der Waals surface area contributed by atoms with Crippen LogP contribution in [0.1, 0.15) is 25.7 Å². The minimum absolute atomic E-state index is 0.162. The number of nitrogens with one attached hydrogen (secondary N) is 1. The van der Waals surface area contributed by atoms with Crippen LogP contribution in [0.25, 0.3) is 11.0 Å². The number of aryl methyl sites for hydroxylation is 1. The molecule has 4 rings (SSSR count). The van der Waals surface area contributed by atoms with Crippen molar-refractivity contribution in [1.82, 2.24) is 19.3 Å². The SMILES string of the molecule is COc1ccc(OC)c(NC(=O)CCCn2nnc3cc(S(=O)(=O)N4CCCC4)ccc32)c1. The van der Waals surface area contributed by atoms with Gasteiger partial charge in [0.2, 0.25) is 15.9 Å². The van der Waals surface area contributed by atoms with Gasteiger partial charge < -0.3 is 14.8 Å². The van der Waals surface area contributed by atoms with Crippen molar-refractivity contribution in [1.29, 1.82) is 0 Å². The van der Waals surface area contributed by atoms with Gasteiger partial charge in [-0.15, -0.1) is 5.10 Å². The van der Waals surface area contributed by atoms with E-state index in [0.29, 0.717) is 48.8 Å². The summed E-state index contributed by atoms with van der Waals surface area (Å²) in [6.07, 6.45) is 2.57. The van der Waals surface area contributed by atoms with Gasteiger partial charge in [-0.1, -0.05) is 5.21 Å². The van der Waals surface area contributed by atoms with Crippen molar-refractivity contribution in [2.45, 2.75) is 37.1 Å². The van der Waals surface area contributed by atoms with E-state index in [1.54, 1.807) is 48.2 Å². The lowest BCUT2D eigenvalue weighted by atomic mass is 10.2. The van der Waals surface area contributed by atoms with Gasteiger partial charge in [0.15, 0.2) is 0 Å². The van der Waals surface area contributed by atoms with Gasteiger partial charge in [-0.2, -0.15) is 4.31 Å². The number of carbonyl (C=O) groups excluding carboxylic acids is 1. The monoisotopic (exact) mass is 473 g/mol. The normalized spacial score (nSPS) is 14.5. The first-order chi connectivity index (χ1) is 15.9. The van der Waals surface area contributed by atoms with Crippen molar-refractivity contribution in [3.05, 3.63) is 36.4 Å². The average molecular weight is 474 g/mol. The topological polar surface area (TPSA) is 116 Å². The largest absolute Gasteiger partial charge is 0.497 e. The highest BCUT2D eigenvalue weighted by Gasteiger charge is 2.27. The van der Waals surface area contributed by atoms with Crippen LogP contribution in [0.2, 0.25) is 0 Å². The Labute approximate surface area is 192 Å². The molecular formula is C22H27N5O5S. The van der Waals surface area contributed by atoms with Crippen LogP contribution in [-0.4, -0.2) is 60.9 Å². The number of nitrogens with zero attached hydrogens (tertiary/aromatic N) is 4. The quantitative estimate of drug-likeness (QED) is 0.508. The molecule has 0 unspecified atom stereocenters. The van der Waals surface area contributed by atoms with Crippen LogP contribution < -0.4 is 14.8 Å². The number of hydrogen-bond donors (Lipinski definition) is 1. The lowest BCUT2D eigenvalue weighted by Gasteiger charge is -2.15. The van der Waals surface area contributed by atoms with Crippen LogP contribution in [0.15, 0.2) is 41.3 Å². The zero-order chi connectivity index (χ0) is 23.4. The Bertz CT molecular complexity index is 1250. The van der Waals surface area contributed by atoms with E-state index < -0.39 is 10.0 Å². The van der Waals surface area contributed by atoms with E-state index in [9.17, 15) is 13.2 Å². The first-order valence-corrected chi connectivity index (χ1v) is 12.2. The Morgan fingerprint density at radius 1 is 1.09 bits per heavy atom. The van der Waals surface area contributed by atoms with Gasteiger partial charge in [0.05, 0.1) is 30.3 Å². The summed E-state index contributed by atoms with van der Waals surface area (Å²) in [6.45, 7) is 1.57. The van der Waals surface area contributed by atoms with Crippen LogP contribution in [0, 0.1) is 0 Å². The first-order valence-electron chi connectivity index (χ1n) is 10.8. The van der Waals surface area contributed by atoms with E-state index in [1.807, 2.05) is 0 Å². The van der Waals surface area contributed by atoms with Crippen LogP contribution in [0.4, 0.5) is 5.69 Å². The van der Waals surface area contributed by atoms with Gasteiger partial charge in [0, 0.05) is 32.1 Å². The van der Waals surface area contributed by atoms with E-state index >= 15 is 0 Å². The van der Waals surface area contributed by atoms with Gasteiger partial charge >= 0.3 is 0 Å². The van der Waals surface area contributed by atoms with E-state index in [4.69, 9.17) is 9.47 Å². The Morgan fingerprint density at radius 3 is 2.61 bits per heavy atom. The number of carbonyl (C=O) groups is 1. The number of aromatic nitrogens is 3. The molecule has 0 spiro atoms. The summed E-state index contributed by atoms with van der Waals surface area (Å²) in [5, 5.41) is 11.1. The highest BCUT2D eigenvalue weighted by Crippen LogP contribution is 2.29. The molecule has 0 atom stereocenters. The molecule has 1 fully saturated rings. The van der Waals surface area contributed by atoms with Crippen molar-refractivity contribution in [3.63, 3.8) is 0 Å². The summed E-state index contributed by atoms with van der Waals surface area (Å²) in [5.74, 6) is 1.00. The molecule has 0 radical (unpaired) electrons. The fourth-order valence-electron chi connectivity index (χ4n) is 3.87. The summed E-state index contributed by atoms with van der Waals surface area (Å²) in [6, 6.07) is 10.1. The van der Waals surface area contributed by atoms with E-state index in [-0.39, 0.29) is 17.2 Å². The molecule has 3 aromatic rings. The smallest absolute Gasteiger partial charge is 0.243 e. The third kappa shape index (κ3) is 4.93. The molecule has 0 saturated carbocycles. The number of fused-ring (bicyclic) bond motifs is 1. The van der Waals surface area contributed by atoms with Gasteiger partial charge in [-0.3, -0.25) is 4.79 Å². The second-order valence-corrected chi connectivity index (χ2v) is 9.73. The molecule has 10 nitrogen and oxygen atoms in total. The molecule has 0 aliphatic carbocycles. The van der Waals surface area contributed by atoms with Crippen molar-refractivity contribution in [2.24, 2.45) is 0 Å². The predicted molar refractivity (Wildman–Crippen MR) is 123 cm³/mol. The summed E-state index contributed by atoms with van der Waals surface area (Å²) in [4.78, 5) is 12.7. The molecule has 33 heavy (non-hydrogen) atoms. The lowest BCUT2D eigenvalue weighted by molar-refractivity contribution is -0.116. The molecule has 2 aromatic carbocycles. The zero-order valence-electron chi connectivity index (χ0n) is 18.7. The van der Waals surface area contributed by atoms with Crippen LogP contribution in [0.5, 0.6) is 11.5 Å². The van der Waals surface area contributed by atoms with Crippen LogP contribution in [0.3, 0.4) is 0 Å². The molecular weight excluding hydrogens is 446 g/mol.